The van der Waals surface area contributed by atoms with Crippen molar-refractivity contribution < 1.29 is 12.6 Å². The molecule has 0 bridgehead atoms. The number of rotatable bonds is 1. The lowest BCUT2D eigenvalue weighted by Gasteiger charge is -2.38. The van der Waals surface area contributed by atoms with Crippen LogP contribution in [0.4, 0.5) is 0 Å². The zero-order valence-electron chi connectivity index (χ0n) is 9.30. The Kier molecular flexibility index (Phi) is 2.77. The minimum atomic E-state index is -3.60. The van der Waals surface area contributed by atoms with Crippen molar-refractivity contribution in [1.82, 2.24) is 4.72 Å². The molecule has 1 aromatic carbocycles. The van der Waals surface area contributed by atoms with Gasteiger partial charge in [0.2, 0.25) is 0 Å². The molecule has 0 amide bonds. The maximum absolute atomic E-state index is 11.4. The summed E-state index contributed by atoms with van der Waals surface area (Å²) < 4.78 is 30.1. The van der Waals surface area contributed by atoms with Gasteiger partial charge in [-0.2, -0.15) is 13.1 Å². The molecular weight excluding hydrogens is 226 g/mol. The van der Waals surface area contributed by atoms with Gasteiger partial charge in [0.05, 0.1) is 12.6 Å². The van der Waals surface area contributed by atoms with Crippen molar-refractivity contribution >= 4 is 10.3 Å². The molecule has 1 fully saturated rings. The zero-order valence-corrected chi connectivity index (χ0v) is 10.1. The highest BCUT2D eigenvalue weighted by atomic mass is 32.2. The molecule has 0 radical (unpaired) electrons. The van der Waals surface area contributed by atoms with E-state index in [0.29, 0.717) is 0 Å². The Morgan fingerprint density at radius 2 is 1.94 bits per heavy atom. The Labute approximate surface area is 95.9 Å². The Bertz CT molecular complexity index is 467. The molecule has 0 saturated carbocycles. The van der Waals surface area contributed by atoms with Crippen LogP contribution in [0.5, 0.6) is 0 Å². The summed E-state index contributed by atoms with van der Waals surface area (Å²) >= 11 is 0. The van der Waals surface area contributed by atoms with Crippen LogP contribution >= 0.6 is 0 Å². The molecule has 4 nitrogen and oxygen atoms in total. The van der Waals surface area contributed by atoms with Gasteiger partial charge in [-0.15, -0.1) is 0 Å². The van der Waals surface area contributed by atoms with Crippen LogP contribution in [-0.4, -0.2) is 15.0 Å². The Balaban J connectivity index is 2.37. The number of hydrogen-bond donors (Lipinski definition) is 1. The molecule has 16 heavy (non-hydrogen) atoms. The molecule has 5 heteroatoms. The van der Waals surface area contributed by atoms with Crippen molar-refractivity contribution in [3.05, 3.63) is 35.9 Å². The van der Waals surface area contributed by atoms with Crippen LogP contribution in [0, 0.1) is 5.41 Å². The number of benzene rings is 1. The molecule has 1 N–H and O–H groups in total. The highest BCUT2D eigenvalue weighted by molar-refractivity contribution is 7.84. The van der Waals surface area contributed by atoms with Crippen LogP contribution in [-0.2, 0) is 14.5 Å². The third-order valence-electron chi connectivity index (χ3n) is 2.76. The van der Waals surface area contributed by atoms with Gasteiger partial charge in [0.1, 0.15) is 0 Å². The van der Waals surface area contributed by atoms with Gasteiger partial charge in [0.15, 0.2) is 0 Å². The molecule has 1 atom stereocenters. The van der Waals surface area contributed by atoms with E-state index in [1.165, 1.54) is 0 Å². The molecule has 1 aliphatic heterocycles. The number of nitrogens with one attached hydrogen (secondary N) is 1. The van der Waals surface area contributed by atoms with Crippen molar-refractivity contribution in [2.24, 2.45) is 5.41 Å². The summed E-state index contributed by atoms with van der Waals surface area (Å²) in [5, 5.41) is 0. The maximum Gasteiger partial charge on any atom is 0.336 e. The quantitative estimate of drug-likeness (QED) is 0.812. The van der Waals surface area contributed by atoms with Crippen LogP contribution in [0.3, 0.4) is 0 Å². The molecule has 0 spiro atoms. The summed E-state index contributed by atoms with van der Waals surface area (Å²) in [6.07, 6.45) is 0. The predicted octanol–water partition coefficient (Wildman–Crippen LogP) is 1.62. The summed E-state index contributed by atoms with van der Waals surface area (Å²) in [6.45, 7) is 4.15. The van der Waals surface area contributed by atoms with E-state index in [0.717, 1.165) is 5.56 Å². The van der Waals surface area contributed by atoms with E-state index in [9.17, 15) is 8.42 Å². The summed E-state index contributed by atoms with van der Waals surface area (Å²) in [4.78, 5) is 0. The van der Waals surface area contributed by atoms with Crippen molar-refractivity contribution in [1.29, 1.82) is 0 Å². The van der Waals surface area contributed by atoms with Crippen molar-refractivity contribution in [2.45, 2.75) is 19.9 Å². The van der Waals surface area contributed by atoms with Gasteiger partial charge in [0, 0.05) is 5.41 Å². The molecule has 88 valence electrons. The van der Waals surface area contributed by atoms with Crippen molar-refractivity contribution in [3.8, 4) is 0 Å². The van der Waals surface area contributed by atoms with Crippen molar-refractivity contribution in [3.63, 3.8) is 0 Å². The highest BCUT2D eigenvalue weighted by Crippen LogP contribution is 2.37. The fraction of sp³-hybridized carbons (Fsp3) is 0.455. The first-order chi connectivity index (χ1) is 7.41. The van der Waals surface area contributed by atoms with Gasteiger partial charge in [0.25, 0.3) is 0 Å². The second kappa shape index (κ2) is 3.84. The standard InChI is InChI=1S/C11H15NO3S/c1-11(2)8-15-16(13,14)12-10(11)9-6-4-3-5-7-9/h3-7,10,12H,8H2,1-2H3. The first-order valence-corrected chi connectivity index (χ1v) is 6.53. The predicted molar refractivity (Wildman–Crippen MR) is 61.0 cm³/mol. The van der Waals surface area contributed by atoms with Crippen LogP contribution in [0.1, 0.15) is 25.5 Å². The van der Waals surface area contributed by atoms with Gasteiger partial charge in [-0.3, -0.25) is 4.18 Å². The lowest BCUT2D eigenvalue weighted by atomic mass is 9.82. The summed E-state index contributed by atoms with van der Waals surface area (Å²) in [7, 11) is -3.60. The first-order valence-electron chi connectivity index (χ1n) is 5.12. The fourth-order valence-electron chi connectivity index (χ4n) is 1.82. The molecule has 1 saturated heterocycles. The third-order valence-corrected chi connectivity index (χ3v) is 3.72. The highest BCUT2D eigenvalue weighted by Gasteiger charge is 2.40. The van der Waals surface area contributed by atoms with E-state index < -0.39 is 10.3 Å². The van der Waals surface area contributed by atoms with Crippen LogP contribution in [0.25, 0.3) is 0 Å². The second-order valence-corrected chi connectivity index (χ2v) is 6.05. The molecule has 1 heterocycles. The van der Waals surface area contributed by atoms with E-state index in [2.05, 4.69) is 4.72 Å². The van der Waals surface area contributed by atoms with Gasteiger partial charge >= 0.3 is 10.3 Å². The molecular formula is C11H15NO3S. The monoisotopic (exact) mass is 241 g/mol. The maximum atomic E-state index is 11.4. The minimum absolute atomic E-state index is 0.196. The van der Waals surface area contributed by atoms with Gasteiger partial charge in [-0.05, 0) is 5.56 Å². The van der Waals surface area contributed by atoms with Gasteiger partial charge < -0.3 is 0 Å². The van der Waals surface area contributed by atoms with Gasteiger partial charge in [-0.25, -0.2) is 0 Å². The van der Waals surface area contributed by atoms with E-state index >= 15 is 0 Å². The molecule has 1 aliphatic rings. The lowest BCUT2D eigenvalue weighted by Crippen LogP contribution is -2.47. The van der Waals surface area contributed by atoms with Crippen LogP contribution in [0.15, 0.2) is 30.3 Å². The summed E-state index contributed by atoms with van der Waals surface area (Å²) in [6, 6.07) is 9.29. The van der Waals surface area contributed by atoms with E-state index in [4.69, 9.17) is 4.18 Å². The largest absolute Gasteiger partial charge is 0.336 e. The normalized spacial score (nSPS) is 27.5. The topological polar surface area (TPSA) is 55.4 Å². The van der Waals surface area contributed by atoms with Gasteiger partial charge in [-0.1, -0.05) is 44.2 Å². The van der Waals surface area contributed by atoms with Crippen molar-refractivity contribution in [2.75, 3.05) is 6.61 Å². The fourth-order valence-corrected chi connectivity index (χ4v) is 3.09. The average Bonchev–Trinajstić information content (AvgIpc) is 2.24. The average molecular weight is 241 g/mol. The number of hydrogen-bond acceptors (Lipinski definition) is 3. The Morgan fingerprint density at radius 1 is 1.31 bits per heavy atom. The molecule has 0 aliphatic carbocycles. The molecule has 1 unspecified atom stereocenters. The Morgan fingerprint density at radius 3 is 2.56 bits per heavy atom. The Hall–Kier alpha value is -0.910. The van der Waals surface area contributed by atoms with E-state index in [1.807, 2.05) is 44.2 Å². The van der Waals surface area contributed by atoms with Crippen LogP contribution < -0.4 is 4.72 Å². The molecule has 2 rings (SSSR count). The van der Waals surface area contributed by atoms with E-state index in [-0.39, 0.29) is 18.1 Å². The minimum Gasteiger partial charge on any atom is -0.257 e. The van der Waals surface area contributed by atoms with Crippen LogP contribution in [0.2, 0.25) is 0 Å². The summed E-state index contributed by atoms with van der Waals surface area (Å²) in [5.74, 6) is 0. The summed E-state index contributed by atoms with van der Waals surface area (Å²) in [5.41, 5.74) is 0.700. The third kappa shape index (κ3) is 2.26. The SMILES string of the molecule is CC1(C)COS(=O)(=O)NC1c1ccccc1. The molecule has 1 aromatic rings. The van der Waals surface area contributed by atoms with E-state index in [1.54, 1.807) is 0 Å². The second-order valence-electron chi connectivity index (χ2n) is 4.67. The lowest BCUT2D eigenvalue weighted by molar-refractivity contribution is 0.114. The molecule has 0 aromatic heterocycles. The first kappa shape index (κ1) is 11.6. The zero-order chi connectivity index (χ0) is 11.8. The smallest absolute Gasteiger partial charge is 0.257 e.